The molecule has 2 amide bonds. The quantitative estimate of drug-likeness (QED) is 0.492. The molecule has 0 saturated carbocycles. The highest BCUT2D eigenvalue weighted by Crippen LogP contribution is 2.24. The molecule has 1 atom stereocenters. The van der Waals surface area contributed by atoms with Crippen LogP contribution in [0.2, 0.25) is 0 Å². The molecule has 3 aromatic rings. The zero-order chi connectivity index (χ0) is 22.1. The highest BCUT2D eigenvalue weighted by atomic mass is 32.1. The van der Waals surface area contributed by atoms with E-state index >= 15 is 0 Å². The van der Waals surface area contributed by atoms with Gasteiger partial charge in [0.2, 0.25) is 5.91 Å². The van der Waals surface area contributed by atoms with Gasteiger partial charge in [-0.15, -0.1) is 11.3 Å². The number of ether oxygens (including phenoxy) is 2. The van der Waals surface area contributed by atoms with Gasteiger partial charge in [0.05, 0.1) is 26.4 Å². The number of rotatable bonds is 11. The molecular formula is C23H26N2O5S. The minimum atomic E-state index is -0.893. The molecular weight excluding hydrogens is 416 g/mol. The van der Waals surface area contributed by atoms with Gasteiger partial charge in [0.15, 0.2) is 6.04 Å². The Hall–Kier alpha value is -3.10. The van der Waals surface area contributed by atoms with Gasteiger partial charge in [-0.05, 0) is 41.3 Å². The van der Waals surface area contributed by atoms with Crippen molar-refractivity contribution in [3.05, 3.63) is 76.4 Å². The summed E-state index contributed by atoms with van der Waals surface area (Å²) in [5.74, 6) is 0.665. The number of furan rings is 1. The van der Waals surface area contributed by atoms with Crippen molar-refractivity contribution >= 4 is 23.2 Å². The van der Waals surface area contributed by atoms with Crippen LogP contribution in [0.3, 0.4) is 0 Å². The van der Waals surface area contributed by atoms with Crippen LogP contribution in [0.15, 0.2) is 64.6 Å². The minimum Gasteiger partial charge on any atom is -0.497 e. The van der Waals surface area contributed by atoms with Gasteiger partial charge in [0.25, 0.3) is 5.91 Å². The van der Waals surface area contributed by atoms with Crippen LogP contribution < -0.4 is 10.1 Å². The number of carbonyl (C=O) groups is 2. The van der Waals surface area contributed by atoms with E-state index in [0.717, 1.165) is 16.2 Å². The summed E-state index contributed by atoms with van der Waals surface area (Å²) in [6.07, 6.45) is 1.71. The molecule has 7 nitrogen and oxygen atoms in total. The molecule has 0 fully saturated rings. The number of carbonyl (C=O) groups excluding carboxylic acids is 2. The average molecular weight is 443 g/mol. The van der Waals surface area contributed by atoms with Crippen molar-refractivity contribution in [1.29, 1.82) is 0 Å². The summed E-state index contributed by atoms with van der Waals surface area (Å²) >= 11 is 1.51. The largest absolute Gasteiger partial charge is 0.497 e. The van der Waals surface area contributed by atoms with Crippen LogP contribution >= 0.6 is 11.3 Å². The van der Waals surface area contributed by atoms with E-state index in [0.29, 0.717) is 18.9 Å². The second-order valence-corrected chi connectivity index (χ2v) is 7.85. The fraction of sp³-hybridized carbons (Fsp3) is 0.304. The molecule has 1 aromatic carbocycles. The van der Waals surface area contributed by atoms with Crippen LogP contribution in [0.5, 0.6) is 5.75 Å². The predicted octanol–water partition coefficient (Wildman–Crippen LogP) is 3.42. The van der Waals surface area contributed by atoms with Crippen molar-refractivity contribution in [2.45, 2.75) is 19.0 Å². The minimum absolute atomic E-state index is 0.166. The Balaban J connectivity index is 1.78. The van der Waals surface area contributed by atoms with Crippen LogP contribution in [-0.4, -0.2) is 44.1 Å². The number of nitrogens with zero attached hydrogens (tertiary/aromatic N) is 1. The first kappa shape index (κ1) is 22.6. The number of benzene rings is 1. The van der Waals surface area contributed by atoms with Gasteiger partial charge >= 0.3 is 0 Å². The summed E-state index contributed by atoms with van der Waals surface area (Å²) in [6.45, 7) is 0.887. The van der Waals surface area contributed by atoms with Crippen molar-refractivity contribution in [3.63, 3.8) is 0 Å². The van der Waals surface area contributed by atoms with E-state index in [9.17, 15) is 9.59 Å². The van der Waals surface area contributed by atoms with E-state index in [1.54, 1.807) is 26.4 Å². The van der Waals surface area contributed by atoms with Crippen molar-refractivity contribution in [1.82, 2.24) is 10.2 Å². The predicted molar refractivity (Wildman–Crippen MR) is 118 cm³/mol. The van der Waals surface area contributed by atoms with Crippen LogP contribution in [-0.2, 0) is 27.3 Å². The van der Waals surface area contributed by atoms with E-state index in [2.05, 4.69) is 5.32 Å². The molecule has 1 unspecified atom stereocenters. The first-order chi connectivity index (χ1) is 15.1. The lowest BCUT2D eigenvalue weighted by Gasteiger charge is -2.29. The van der Waals surface area contributed by atoms with E-state index in [-0.39, 0.29) is 24.8 Å². The van der Waals surface area contributed by atoms with Gasteiger partial charge < -0.3 is 24.1 Å². The molecule has 2 aromatic heterocycles. The number of nitrogens with one attached hydrogen (secondary N) is 1. The maximum atomic E-state index is 13.2. The Morgan fingerprint density at radius 2 is 1.94 bits per heavy atom. The third-order valence-corrected chi connectivity index (χ3v) is 5.64. The summed E-state index contributed by atoms with van der Waals surface area (Å²) in [7, 11) is 3.17. The number of hydrogen-bond acceptors (Lipinski definition) is 6. The number of methoxy groups -OCH3 is 2. The highest BCUT2D eigenvalue weighted by Gasteiger charge is 2.33. The molecule has 2 heterocycles. The molecule has 0 saturated heterocycles. The number of thiophene rings is 1. The molecule has 164 valence electrons. The van der Waals surface area contributed by atoms with Crippen LogP contribution in [0, 0.1) is 0 Å². The topological polar surface area (TPSA) is 81.0 Å². The fourth-order valence-corrected chi connectivity index (χ4v) is 3.85. The molecule has 0 aliphatic carbocycles. The van der Waals surface area contributed by atoms with Gasteiger partial charge in [-0.2, -0.15) is 0 Å². The second kappa shape index (κ2) is 11.3. The van der Waals surface area contributed by atoms with Crippen molar-refractivity contribution in [2.75, 3.05) is 27.4 Å². The van der Waals surface area contributed by atoms with E-state index in [4.69, 9.17) is 13.9 Å². The zero-order valence-electron chi connectivity index (χ0n) is 17.6. The van der Waals surface area contributed by atoms with Gasteiger partial charge in [-0.1, -0.05) is 18.2 Å². The zero-order valence-corrected chi connectivity index (χ0v) is 18.4. The molecule has 31 heavy (non-hydrogen) atoms. The number of hydrogen-bond donors (Lipinski definition) is 1. The molecule has 0 bridgehead atoms. The first-order valence-corrected chi connectivity index (χ1v) is 10.7. The Morgan fingerprint density at radius 3 is 2.55 bits per heavy atom. The van der Waals surface area contributed by atoms with E-state index in [1.165, 1.54) is 22.5 Å². The number of amides is 2. The second-order valence-electron chi connectivity index (χ2n) is 6.82. The normalized spacial score (nSPS) is 11.7. The van der Waals surface area contributed by atoms with Crippen molar-refractivity contribution in [2.24, 2.45) is 0 Å². The Bertz CT molecular complexity index is 939. The highest BCUT2D eigenvalue weighted by molar-refractivity contribution is 7.10. The summed E-state index contributed by atoms with van der Waals surface area (Å²) in [5.41, 5.74) is 0.917. The maximum absolute atomic E-state index is 13.2. The summed E-state index contributed by atoms with van der Waals surface area (Å²) in [6, 6.07) is 13.8. The van der Waals surface area contributed by atoms with Gasteiger partial charge in [0.1, 0.15) is 11.5 Å². The molecule has 3 rings (SSSR count). The first-order valence-electron chi connectivity index (χ1n) is 9.87. The lowest BCUT2D eigenvalue weighted by molar-refractivity contribution is -0.141. The SMILES string of the molecule is COCCN(C(=O)Cc1cccs1)C(C(=O)NCc1ccc(OC)cc1)c1ccco1. The third-order valence-electron chi connectivity index (χ3n) is 4.76. The molecule has 1 N–H and O–H groups in total. The summed E-state index contributed by atoms with van der Waals surface area (Å²) in [4.78, 5) is 28.8. The van der Waals surface area contributed by atoms with Gasteiger partial charge in [-0.3, -0.25) is 9.59 Å². The molecule has 0 aliphatic rings. The Morgan fingerprint density at radius 1 is 1.13 bits per heavy atom. The van der Waals surface area contributed by atoms with E-state index in [1.807, 2.05) is 41.8 Å². The van der Waals surface area contributed by atoms with E-state index < -0.39 is 6.04 Å². The van der Waals surface area contributed by atoms with Crippen LogP contribution in [0.4, 0.5) is 0 Å². The van der Waals surface area contributed by atoms with Gasteiger partial charge in [0, 0.05) is 25.1 Å². The lowest BCUT2D eigenvalue weighted by atomic mass is 10.1. The maximum Gasteiger partial charge on any atom is 0.251 e. The van der Waals surface area contributed by atoms with Crippen LogP contribution in [0.25, 0.3) is 0 Å². The van der Waals surface area contributed by atoms with Crippen molar-refractivity contribution < 1.29 is 23.5 Å². The fourth-order valence-electron chi connectivity index (χ4n) is 3.15. The Kier molecular flexibility index (Phi) is 8.26. The van der Waals surface area contributed by atoms with Crippen molar-refractivity contribution in [3.8, 4) is 5.75 Å². The monoisotopic (exact) mass is 442 g/mol. The lowest BCUT2D eigenvalue weighted by Crippen LogP contribution is -2.45. The third kappa shape index (κ3) is 6.19. The summed E-state index contributed by atoms with van der Waals surface area (Å²) < 4.78 is 15.9. The summed E-state index contributed by atoms with van der Waals surface area (Å²) in [5, 5.41) is 4.85. The average Bonchev–Trinajstić information content (AvgIpc) is 3.49. The Labute approximate surface area is 185 Å². The molecule has 0 spiro atoms. The molecule has 8 heteroatoms. The smallest absolute Gasteiger partial charge is 0.251 e. The van der Waals surface area contributed by atoms with Crippen LogP contribution in [0.1, 0.15) is 22.2 Å². The molecule has 0 radical (unpaired) electrons. The molecule has 0 aliphatic heterocycles. The standard InChI is InChI=1S/C23H26N2O5S/c1-28-13-11-25(21(26)15-19-5-4-14-31-19)22(20-6-3-12-30-20)23(27)24-16-17-7-9-18(29-2)10-8-17/h3-10,12,14,22H,11,13,15-16H2,1-2H3,(H,24,27). The van der Waals surface area contributed by atoms with Gasteiger partial charge in [-0.25, -0.2) is 0 Å².